The Hall–Kier alpha value is -2.96. The van der Waals surface area contributed by atoms with Crippen molar-refractivity contribution in [1.29, 1.82) is 0 Å². The zero-order chi connectivity index (χ0) is 13.4. The molecule has 7 nitrogen and oxygen atoms in total. The van der Waals surface area contributed by atoms with Crippen LogP contribution in [-0.4, -0.2) is 25.9 Å². The highest BCUT2D eigenvalue weighted by Gasteiger charge is 2.15. The Kier molecular flexibility index (Phi) is 2.38. The van der Waals surface area contributed by atoms with E-state index >= 15 is 0 Å². The van der Waals surface area contributed by atoms with Gasteiger partial charge in [-0.15, -0.1) is 5.10 Å². The molecule has 94 valence electrons. The summed E-state index contributed by atoms with van der Waals surface area (Å²) in [5.74, 6) is -0.609. The molecular weight excluding hydrogens is 244 g/mol. The standard InChI is InChI=1S/C12H10N6O/c13-11-10(12(14)19)16-17-18(11)8-5-7-3-1-2-4-9(7)15-6-8/h1-6H,13H2,(H2,14,19). The van der Waals surface area contributed by atoms with Gasteiger partial charge in [-0.2, -0.15) is 4.68 Å². The molecule has 2 aromatic heterocycles. The molecule has 1 amide bonds. The third kappa shape index (κ3) is 1.77. The number of benzene rings is 1. The lowest BCUT2D eigenvalue weighted by atomic mass is 10.2. The first-order valence-electron chi connectivity index (χ1n) is 5.53. The van der Waals surface area contributed by atoms with Gasteiger partial charge in [0.15, 0.2) is 11.5 Å². The van der Waals surface area contributed by atoms with Crippen molar-refractivity contribution in [1.82, 2.24) is 20.0 Å². The van der Waals surface area contributed by atoms with Gasteiger partial charge in [0, 0.05) is 5.39 Å². The van der Waals surface area contributed by atoms with Gasteiger partial charge in [0.2, 0.25) is 0 Å². The topological polar surface area (TPSA) is 113 Å². The van der Waals surface area contributed by atoms with Crippen molar-refractivity contribution in [3.05, 3.63) is 42.2 Å². The predicted molar refractivity (Wildman–Crippen MR) is 69.6 cm³/mol. The van der Waals surface area contributed by atoms with Gasteiger partial charge in [-0.1, -0.05) is 23.4 Å². The van der Waals surface area contributed by atoms with Gasteiger partial charge in [0.05, 0.1) is 17.4 Å². The minimum Gasteiger partial charge on any atom is -0.382 e. The van der Waals surface area contributed by atoms with Crippen molar-refractivity contribution in [2.75, 3.05) is 5.73 Å². The fraction of sp³-hybridized carbons (Fsp3) is 0. The maximum Gasteiger partial charge on any atom is 0.273 e. The number of hydrogen-bond donors (Lipinski definition) is 2. The Morgan fingerprint density at radius 2 is 2.05 bits per heavy atom. The summed E-state index contributed by atoms with van der Waals surface area (Å²) >= 11 is 0. The van der Waals surface area contributed by atoms with E-state index in [9.17, 15) is 4.79 Å². The minimum absolute atomic E-state index is 0.0480. The third-order valence-electron chi connectivity index (χ3n) is 2.76. The number of rotatable bonds is 2. The molecule has 0 aliphatic carbocycles. The molecular formula is C12H10N6O. The van der Waals surface area contributed by atoms with Crippen LogP contribution >= 0.6 is 0 Å². The molecule has 0 aliphatic heterocycles. The van der Waals surface area contributed by atoms with Gasteiger partial charge >= 0.3 is 0 Å². The van der Waals surface area contributed by atoms with Gasteiger partial charge < -0.3 is 11.5 Å². The van der Waals surface area contributed by atoms with Crippen molar-refractivity contribution in [2.24, 2.45) is 5.73 Å². The van der Waals surface area contributed by atoms with Crippen molar-refractivity contribution in [2.45, 2.75) is 0 Å². The molecule has 0 aliphatic rings. The number of nitrogens with zero attached hydrogens (tertiary/aromatic N) is 4. The summed E-state index contributed by atoms with van der Waals surface area (Å²) in [7, 11) is 0. The van der Waals surface area contributed by atoms with Crippen LogP contribution in [0.1, 0.15) is 10.5 Å². The van der Waals surface area contributed by atoms with Crippen LogP contribution in [0.4, 0.5) is 5.82 Å². The SMILES string of the molecule is NC(=O)c1nnn(-c2cnc3ccccc3c2)c1N. The van der Waals surface area contributed by atoms with Crippen LogP contribution in [-0.2, 0) is 0 Å². The normalized spacial score (nSPS) is 10.7. The molecule has 0 spiro atoms. The second-order valence-electron chi connectivity index (χ2n) is 3.99. The van der Waals surface area contributed by atoms with Crippen LogP contribution in [0, 0.1) is 0 Å². The molecule has 3 rings (SSSR count). The van der Waals surface area contributed by atoms with E-state index in [1.54, 1.807) is 6.20 Å². The van der Waals surface area contributed by atoms with Crippen molar-refractivity contribution in [3.63, 3.8) is 0 Å². The number of nitrogens with two attached hydrogens (primary N) is 2. The first-order valence-corrected chi connectivity index (χ1v) is 5.53. The second kappa shape index (κ2) is 4.05. The average Bonchev–Trinajstić information content (AvgIpc) is 2.80. The maximum absolute atomic E-state index is 11.1. The lowest BCUT2D eigenvalue weighted by molar-refractivity contribution is 0.0996. The van der Waals surface area contributed by atoms with Crippen LogP contribution in [0.5, 0.6) is 0 Å². The summed E-state index contributed by atoms with van der Waals surface area (Å²) in [4.78, 5) is 15.4. The van der Waals surface area contributed by atoms with Gasteiger partial charge in [-0.3, -0.25) is 9.78 Å². The highest BCUT2D eigenvalue weighted by Crippen LogP contribution is 2.18. The zero-order valence-corrected chi connectivity index (χ0v) is 9.82. The Bertz CT molecular complexity index is 779. The van der Waals surface area contributed by atoms with E-state index in [-0.39, 0.29) is 11.5 Å². The second-order valence-corrected chi connectivity index (χ2v) is 3.99. The van der Waals surface area contributed by atoms with Gasteiger partial charge in [-0.05, 0) is 12.1 Å². The van der Waals surface area contributed by atoms with Crippen LogP contribution < -0.4 is 11.5 Å². The molecule has 19 heavy (non-hydrogen) atoms. The zero-order valence-electron chi connectivity index (χ0n) is 9.82. The molecule has 0 unspecified atom stereocenters. The van der Waals surface area contributed by atoms with E-state index in [2.05, 4.69) is 15.3 Å². The van der Waals surface area contributed by atoms with E-state index in [0.717, 1.165) is 10.9 Å². The fourth-order valence-electron chi connectivity index (χ4n) is 1.83. The number of anilines is 1. The summed E-state index contributed by atoms with van der Waals surface area (Å²) < 4.78 is 1.33. The van der Waals surface area contributed by atoms with Gasteiger partial charge in [-0.25, -0.2) is 0 Å². The molecule has 0 saturated carbocycles. The molecule has 7 heteroatoms. The molecule has 0 fully saturated rings. The van der Waals surface area contributed by atoms with E-state index in [0.29, 0.717) is 5.69 Å². The van der Waals surface area contributed by atoms with E-state index in [1.807, 2.05) is 30.3 Å². The van der Waals surface area contributed by atoms with Crippen LogP contribution in [0.15, 0.2) is 36.5 Å². The van der Waals surface area contributed by atoms with Crippen molar-refractivity contribution in [3.8, 4) is 5.69 Å². The van der Waals surface area contributed by atoms with Crippen molar-refractivity contribution < 1.29 is 4.79 Å². The largest absolute Gasteiger partial charge is 0.382 e. The minimum atomic E-state index is -0.711. The Labute approximate surface area is 107 Å². The summed E-state index contributed by atoms with van der Waals surface area (Å²) in [6.07, 6.45) is 1.61. The van der Waals surface area contributed by atoms with Crippen LogP contribution in [0.2, 0.25) is 0 Å². The lowest BCUT2D eigenvalue weighted by Gasteiger charge is -2.04. The number of amides is 1. The van der Waals surface area contributed by atoms with Crippen LogP contribution in [0.3, 0.4) is 0 Å². The molecule has 0 radical (unpaired) electrons. The van der Waals surface area contributed by atoms with Crippen LogP contribution in [0.25, 0.3) is 16.6 Å². The van der Waals surface area contributed by atoms with Crippen molar-refractivity contribution >= 4 is 22.6 Å². The quantitative estimate of drug-likeness (QED) is 0.691. The summed E-state index contributed by atoms with van der Waals surface area (Å²) in [6.45, 7) is 0. The first-order chi connectivity index (χ1) is 9.16. The first kappa shape index (κ1) is 11.1. The molecule has 0 saturated heterocycles. The Morgan fingerprint density at radius 3 is 2.79 bits per heavy atom. The molecule has 0 atom stereocenters. The summed E-state index contributed by atoms with van der Waals surface area (Å²) in [5.41, 5.74) is 12.4. The lowest BCUT2D eigenvalue weighted by Crippen LogP contribution is -2.14. The summed E-state index contributed by atoms with van der Waals surface area (Å²) in [5, 5.41) is 8.41. The molecule has 3 aromatic rings. The van der Waals surface area contributed by atoms with Gasteiger partial charge in [0.25, 0.3) is 5.91 Å². The number of pyridine rings is 1. The molecule has 2 heterocycles. The number of hydrogen-bond acceptors (Lipinski definition) is 5. The molecule has 4 N–H and O–H groups in total. The van der Waals surface area contributed by atoms with E-state index in [1.165, 1.54) is 4.68 Å². The summed E-state index contributed by atoms with van der Waals surface area (Å²) in [6, 6.07) is 9.50. The van der Waals surface area contributed by atoms with Gasteiger partial charge in [0.1, 0.15) is 0 Å². The van der Waals surface area contributed by atoms with E-state index in [4.69, 9.17) is 11.5 Å². The highest BCUT2D eigenvalue weighted by molar-refractivity contribution is 5.95. The van der Waals surface area contributed by atoms with E-state index < -0.39 is 5.91 Å². The number of aromatic nitrogens is 4. The molecule has 0 bridgehead atoms. The number of para-hydroxylation sites is 1. The number of carbonyl (C=O) groups excluding carboxylic acids is 1. The Morgan fingerprint density at radius 1 is 1.26 bits per heavy atom. The number of nitrogen functional groups attached to an aromatic ring is 1. The smallest absolute Gasteiger partial charge is 0.273 e. The average molecular weight is 254 g/mol. The Balaban J connectivity index is 2.16. The fourth-order valence-corrected chi connectivity index (χ4v) is 1.83. The molecule has 1 aromatic carbocycles. The highest BCUT2D eigenvalue weighted by atomic mass is 16.1. The number of primary amides is 1. The number of fused-ring (bicyclic) bond motifs is 1. The monoisotopic (exact) mass is 254 g/mol. The third-order valence-corrected chi connectivity index (χ3v) is 2.76. The maximum atomic E-state index is 11.1. The number of carbonyl (C=O) groups is 1. The predicted octanol–water partition coefficient (Wildman–Crippen LogP) is 0.497.